The molecule has 1 heterocycles. The Morgan fingerprint density at radius 3 is 2.86 bits per heavy atom. The Labute approximate surface area is 127 Å². The van der Waals surface area contributed by atoms with Crippen molar-refractivity contribution in [3.05, 3.63) is 22.7 Å². The fourth-order valence-corrected chi connectivity index (χ4v) is 1.97. The van der Waals surface area contributed by atoms with E-state index in [1.54, 1.807) is 19.2 Å². The molecule has 0 radical (unpaired) electrons. The first-order valence-electron chi connectivity index (χ1n) is 6.42. The smallest absolute Gasteiger partial charge is 0.260 e. The molecule has 1 aromatic heterocycles. The minimum absolute atomic E-state index is 0.167. The second kappa shape index (κ2) is 6.98. The first-order chi connectivity index (χ1) is 10.2. The van der Waals surface area contributed by atoms with Gasteiger partial charge in [0.1, 0.15) is 0 Å². The zero-order chi connectivity index (χ0) is 15.2. The lowest BCUT2D eigenvalue weighted by Gasteiger charge is -2.16. The molecule has 0 bridgehead atoms. The van der Waals surface area contributed by atoms with Crippen molar-refractivity contribution in [2.24, 2.45) is 0 Å². The Balaban J connectivity index is 2.23. The summed E-state index contributed by atoms with van der Waals surface area (Å²) in [5.41, 5.74) is 9.38. The van der Waals surface area contributed by atoms with E-state index in [1.807, 2.05) is 6.92 Å². The number of nitrogens with two attached hydrogens (primary N) is 1. The van der Waals surface area contributed by atoms with Gasteiger partial charge in [0.05, 0.1) is 20.3 Å². The third-order valence-electron chi connectivity index (χ3n) is 2.68. The van der Waals surface area contributed by atoms with Crippen LogP contribution < -0.4 is 20.6 Å². The number of rotatable bonds is 7. The highest BCUT2D eigenvalue weighted by molar-refractivity contribution is 6.30. The monoisotopic (exact) mass is 312 g/mol. The Kier molecular flexibility index (Phi) is 5.04. The van der Waals surface area contributed by atoms with Gasteiger partial charge in [-0.15, -0.1) is 4.79 Å². The molecule has 0 spiro atoms. The van der Waals surface area contributed by atoms with Gasteiger partial charge in [-0.1, -0.05) is 23.6 Å². The van der Waals surface area contributed by atoms with Crippen LogP contribution in [0.1, 0.15) is 18.9 Å². The maximum absolute atomic E-state index is 6.09. The minimum Gasteiger partial charge on any atom is -0.493 e. The zero-order valence-corrected chi connectivity index (χ0v) is 12.6. The Morgan fingerprint density at radius 2 is 2.24 bits per heavy atom. The maximum Gasteiger partial charge on any atom is 0.260 e. The van der Waals surface area contributed by atoms with Gasteiger partial charge in [-0.2, -0.15) is 0 Å². The molecule has 1 aromatic carbocycles. The summed E-state index contributed by atoms with van der Waals surface area (Å²) in [4.78, 5) is 1.27. The molecule has 0 fully saturated rings. The van der Waals surface area contributed by atoms with Gasteiger partial charge in [-0.25, -0.2) is 0 Å². The van der Waals surface area contributed by atoms with Crippen molar-refractivity contribution >= 4 is 17.5 Å². The Bertz CT molecular complexity index is 603. The maximum atomic E-state index is 6.09. The van der Waals surface area contributed by atoms with Crippen LogP contribution in [0.15, 0.2) is 12.1 Å². The van der Waals surface area contributed by atoms with Crippen LogP contribution in [-0.4, -0.2) is 34.0 Å². The van der Waals surface area contributed by atoms with Gasteiger partial charge < -0.3 is 20.6 Å². The van der Waals surface area contributed by atoms with Crippen molar-refractivity contribution in [1.29, 1.82) is 0 Å². The number of nitrogens with zero attached hydrogens (tertiary/aromatic N) is 4. The molecule has 0 atom stereocenters. The fraction of sp³-hybridized carbons (Fsp3) is 0.417. The van der Waals surface area contributed by atoms with Crippen molar-refractivity contribution in [2.75, 3.05) is 24.9 Å². The van der Waals surface area contributed by atoms with Crippen molar-refractivity contribution in [2.45, 2.75) is 19.9 Å². The van der Waals surface area contributed by atoms with Gasteiger partial charge in [0, 0.05) is 16.7 Å². The molecular weight excluding hydrogens is 296 g/mol. The molecule has 0 aliphatic heterocycles. The lowest BCUT2D eigenvalue weighted by Crippen LogP contribution is -2.19. The van der Waals surface area contributed by atoms with Crippen LogP contribution >= 0.6 is 11.6 Å². The van der Waals surface area contributed by atoms with Gasteiger partial charge >= 0.3 is 0 Å². The summed E-state index contributed by atoms with van der Waals surface area (Å²) in [6, 6.07) is 3.50. The molecule has 114 valence electrons. The minimum atomic E-state index is 0.167. The van der Waals surface area contributed by atoms with Crippen molar-refractivity contribution in [3.8, 4) is 11.5 Å². The summed E-state index contributed by atoms with van der Waals surface area (Å²) in [5.74, 6) is 1.39. The van der Waals surface area contributed by atoms with Crippen LogP contribution in [0.25, 0.3) is 0 Å². The van der Waals surface area contributed by atoms with Gasteiger partial charge in [0.2, 0.25) is 0 Å². The van der Waals surface area contributed by atoms with Gasteiger partial charge in [-0.3, -0.25) is 0 Å². The first-order valence-corrected chi connectivity index (χ1v) is 6.80. The number of hydrogen-bond acceptors (Lipinski definition) is 7. The average Bonchev–Trinajstić information content (AvgIpc) is 2.88. The summed E-state index contributed by atoms with van der Waals surface area (Å²) >= 11 is 6.09. The topological polar surface area (TPSA) is 100 Å². The van der Waals surface area contributed by atoms with Crippen LogP contribution in [0.3, 0.4) is 0 Å². The zero-order valence-electron chi connectivity index (χ0n) is 11.8. The highest BCUT2D eigenvalue weighted by Gasteiger charge is 2.13. The number of anilines is 1. The second-order valence-electron chi connectivity index (χ2n) is 4.23. The van der Waals surface area contributed by atoms with Crippen molar-refractivity contribution < 1.29 is 9.47 Å². The predicted octanol–water partition coefficient (Wildman–Crippen LogP) is 1.45. The van der Waals surface area contributed by atoms with Crippen LogP contribution in [0.5, 0.6) is 11.5 Å². The predicted molar refractivity (Wildman–Crippen MR) is 79.1 cm³/mol. The number of aromatic nitrogens is 4. The summed E-state index contributed by atoms with van der Waals surface area (Å²) in [5, 5.41) is 11.3. The normalized spacial score (nSPS) is 10.4. The molecule has 0 saturated heterocycles. The van der Waals surface area contributed by atoms with E-state index < -0.39 is 0 Å². The van der Waals surface area contributed by atoms with Crippen molar-refractivity contribution in [3.63, 3.8) is 0 Å². The highest BCUT2D eigenvalue weighted by atomic mass is 35.5. The lowest BCUT2D eigenvalue weighted by atomic mass is 10.2. The lowest BCUT2D eigenvalue weighted by molar-refractivity contribution is 0.291. The molecule has 21 heavy (non-hydrogen) atoms. The van der Waals surface area contributed by atoms with Crippen LogP contribution in [0.4, 0.5) is 5.95 Å². The largest absolute Gasteiger partial charge is 0.493 e. The first kappa shape index (κ1) is 15.2. The summed E-state index contributed by atoms with van der Waals surface area (Å²) < 4.78 is 11.1. The molecule has 0 saturated carbocycles. The number of ether oxygens (including phenoxy) is 2. The molecule has 2 aromatic rings. The van der Waals surface area contributed by atoms with E-state index in [-0.39, 0.29) is 5.95 Å². The molecule has 0 amide bonds. The van der Waals surface area contributed by atoms with E-state index in [0.29, 0.717) is 29.7 Å². The molecule has 8 nitrogen and oxygen atoms in total. The van der Waals surface area contributed by atoms with E-state index in [0.717, 1.165) is 12.0 Å². The number of nitrogen functional groups attached to an aromatic ring is 1. The molecule has 9 heteroatoms. The third-order valence-corrected chi connectivity index (χ3v) is 2.90. The standard InChI is InChI=1S/C12H17ClN6O2/c1-3-4-21-11-8(5-9(13)6-10(11)20-2)7-15-19-12(14)16-17-18-19/h5-6,15H,3-4,7H2,1-2H3,(H2,14,16,18). The number of nitrogens with one attached hydrogen (secondary N) is 1. The number of tetrazole rings is 1. The molecule has 0 aliphatic rings. The van der Waals surface area contributed by atoms with E-state index in [2.05, 4.69) is 21.0 Å². The SMILES string of the molecule is CCCOc1c(CNn2nnnc2N)cc(Cl)cc1OC. The number of benzene rings is 1. The number of halogens is 1. The summed E-state index contributed by atoms with van der Waals surface area (Å²) in [7, 11) is 1.57. The summed E-state index contributed by atoms with van der Waals surface area (Å²) in [6.45, 7) is 2.99. The Hall–Kier alpha value is -2.22. The third kappa shape index (κ3) is 3.66. The Morgan fingerprint density at radius 1 is 1.43 bits per heavy atom. The molecule has 0 unspecified atom stereocenters. The van der Waals surface area contributed by atoms with E-state index in [9.17, 15) is 0 Å². The summed E-state index contributed by atoms with van der Waals surface area (Å²) in [6.07, 6.45) is 0.887. The highest BCUT2D eigenvalue weighted by Crippen LogP contribution is 2.35. The molecule has 0 aliphatic carbocycles. The fourth-order valence-electron chi connectivity index (χ4n) is 1.74. The van der Waals surface area contributed by atoms with Gasteiger partial charge in [0.25, 0.3) is 5.95 Å². The second-order valence-corrected chi connectivity index (χ2v) is 4.66. The van der Waals surface area contributed by atoms with Crippen LogP contribution in [0, 0.1) is 0 Å². The molecule has 2 rings (SSSR count). The van der Waals surface area contributed by atoms with E-state index in [4.69, 9.17) is 26.8 Å². The van der Waals surface area contributed by atoms with Crippen LogP contribution in [0.2, 0.25) is 5.02 Å². The van der Waals surface area contributed by atoms with E-state index in [1.165, 1.54) is 4.79 Å². The molecule has 3 N–H and O–H groups in total. The number of hydrogen-bond donors (Lipinski definition) is 2. The molecular formula is C12H17ClN6O2. The van der Waals surface area contributed by atoms with Gasteiger partial charge in [0.15, 0.2) is 11.5 Å². The number of methoxy groups -OCH3 is 1. The quantitative estimate of drug-likeness (QED) is 0.798. The van der Waals surface area contributed by atoms with Crippen molar-refractivity contribution in [1.82, 2.24) is 20.3 Å². The average molecular weight is 313 g/mol. The van der Waals surface area contributed by atoms with Crippen LogP contribution in [-0.2, 0) is 6.54 Å². The van der Waals surface area contributed by atoms with E-state index >= 15 is 0 Å². The van der Waals surface area contributed by atoms with Gasteiger partial charge in [-0.05, 0) is 22.9 Å².